The van der Waals surface area contributed by atoms with E-state index in [-0.39, 0.29) is 12.5 Å². The van der Waals surface area contributed by atoms with Crippen molar-refractivity contribution in [1.82, 2.24) is 4.90 Å². The van der Waals surface area contributed by atoms with Crippen LogP contribution >= 0.6 is 35.4 Å². The van der Waals surface area contributed by atoms with Crippen molar-refractivity contribution in [2.75, 3.05) is 25.0 Å². The normalized spacial score (nSPS) is 13.5. The molecular formula is C19H18Cl2N2O2S. The zero-order valence-corrected chi connectivity index (χ0v) is 16.3. The number of nitrogens with zero attached hydrogens (tertiary/aromatic N) is 1. The summed E-state index contributed by atoms with van der Waals surface area (Å²) < 4.78 is 5.53. The number of halogens is 2. The maximum absolute atomic E-state index is 12.0. The van der Waals surface area contributed by atoms with Crippen molar-refractivity contribution in [1.29, 1.82) is 0 Å². The van der Waals surface area contributed by atoms with Crippen LogP contribution in [0.3, 0.4) is 0 Å². The summed E-state index contributed by atoms with van der Waals surface area (Å²) in [6, 6.07) is 12.3. The predicted octanol–water partition coefficient (Wildman–Crippen LogP) is 4.78. The number of carbonyl (C=O) groups is 1. The van der Waals surface area contributed by atoms with Gasteiger partial charge in [0.15, 0.2) is 6.61 Å². The summed E-state index contributed by atoms with van der Waals surface area (Å²) in [5, 5.41) is 3.61. The van der Waals surface area contributed by atoms with E-state index in [1.54, 1.807) is 18.2 Å². The van der Waals surface area contributed by atoms with Crippen molar-refractivity contribution in [2.24, 2.45) is 0 Å². The lowest BCUT2D eigenvalue weighted by molar-refractivity contribution is -0.118. The minimum Gasteiger partial charge on any atom is -0.484 e. The first-order valence-corrected chi connectivity index (χ1v) is 9.46. The zero-order valence-electron chi connectivity index (χ0n) is 14.0. The van der Waals surface area contributed by atoms with Crippen LogP contribution in [0.15, 0.2) is 42.5 Å². The number of ether oxygens (including phenoxy) is 1. The topological polar surface area (TPSA) is 41.6 Å². The van der Waals surface area contributed by atoms with Gasteiger partial charge in [0.1, 0.15) is 10.7 Å². The number of hydrogen-bond acceptors (Lipinski definition) is 3. The maximum atomic E-state index is 12.0. The molecule has 7 heteroatoms. The minimum atomic E-state index is -0.292. The lowest BCUT2D eigenvalue weighted by Crippen LogP contribution is -2.26. The van der Waals surface area contributed by atoms with E-state index in [9.17, 15) is 4.79 Å². The Labute approximate surface area is 168 Å². The number of carbonyl (C=O) groups excluding carboxylic acids is 1. The molecule has 1 heterocycles. The average Bonchev–Trinajstić information content (AvgIpc) is 3.13. The number of nitrogens with one attached hydrogen (secondary N) is 1. The van der Waals surface area contributed by atoms with Gasteiger partial charge in [0, 0.05) is 34.4 Å². The molecule has 0 bridgehead atoms. The fourth-order valence-corrected chi connectivity index (χ4v) is 3.61. The van der Waals surface area contributed by atoms with Crippen LogP contribution in [0.25, 0.3) is 0 Å². The summed E-state index contributed by atoms with van der Waals surface area (Å²) >= 11 is 17.3. The third-order valence-corrected chi connectivity index (χ3v) is 4.94. The molecule has 3 rings (SSSR count). The summed E-state index contributed by atoms with van der Waals surface area (Å²) in [6.45, 7) is 1.93. The molecule has 136 valence electrons. The van der Waals surface area contributed by atoms with E-state index in [4.69, 9.17) is 40.2 Å². The molecule has 0 unspecified atom stereocenters. The predicted molar refractivity (Wildman–Crippen MR) is 110 cm³/mol. The molecule has 0 radical (unpaired) electrons. The number of thiocarbonyl (C=S) groups is 1. The Kier molecular flexibility index (Phi) is 6.35. The lowest BCUT2D eigenvalue weighted by Gasteiger charge is -2.18. The first-order chi connectivity index (χ1) is 12.5. The van der Waals surface area contributed by atoms with E-state index in [1.165, 1.54) is 12.8 Å². The average molecular weight is 409 g/mol. The van der Waals surface area contributed by atoms with Gasteiger partial charge in [0.2, 0.25) is 0 Å². The van der Waals surface area contributed by atoms with Gasteiger partial charge in [0.05, 0.1) is 0 Å². The van der Waals surface area contributed by atoms with Gasteiger partial charge in [0.25, 0.3) is 5.91 Å². The smallest absolute Gasteiger partial charge is 0.262 e. The van der Waals surface area contributed by atoms with Gasteiger partial charge in [-0.3, -0.25) is 4.79 Å². The van der Waals surface area contributed by atoms with Crippen molar-refractivity contribution in [3.8, 4) is 5.75 Å². The van der Waals surface area contributed by atoms with Gasteiger partial charge in [-0.2, -0.15) is 0 Å². The van der Waals surface area contributed by atoms with Crippen LogP contribution in [-0.4, -0.2) is 35.5 Å². The van der Waals surface area contributed by atoms with Crippen molar-refractivity contribution in [3.05, 3.63) is 58.1 Å². The van der Waals surface area contributed by atoms with Gasteiger partial charge in [-0.25, -0.2) is 0 Å². The highest BCUT2D eigenvalue weighted by Gasteiger charge is 2.16. The molecule has 0 saturated carbocycles. The maximum Gasteiger partial charge on any atom is 0.262 e. The second-order valence-electron chi connectivity index (χ2n) is 6.02. The highest BCUT2D eigenvalue weighted by Crippen LogP contribution is 2.22. The fourth-order valence-electron chi connectivity index (χ4n) is 2.77. The number of hydrogen-bond donors (Lipinski definition) is 1. The first-order valence-electron chi connectivity index (χ1n) is 8.29. The molecule has 4 nitrogen and oxygen atoms in total. The Morgan fingerprint density at radius 2 is 1.69 bits per heavy atom. The molecule has 0 aromatic heterocycles. The number of likely N-dealkylation sites (tertiary alicyclic amines) is 1. The number of anilines is 1. The second kappa shape index (κ2) is 8.71. The van der Waals surface area contributed by atoms with Crippen LogP contribution in [0.1, 0.15) is 18.4 Å². The highest BCUT2D eigenvalue weighted by atomic mass is 35.5. The molecule has 0 aliphatic carbocycles. The summed E-state index contributed by atoms with van der Waals surface area (Å²) in [5.74, 6) is 0.317. The van der Waals surface area contributed by atoms with E-state index < -0.39 is 0 Å². The van der Waals surface area contributed by atoms with Crippen molar-refractivity contribution in [3.63, 3.8) is 0 Å². The highest BCUT2D eigenvalue weighted by molar-refractivity contribution is 7.80. The standard InChI is InChI=1S/C19H18Cl2N2O2S/c20-14-9-15(21)11-16(10-14)22-18(24)12-25-17-5-3-13(4-6-17)19(26)23-7-1-2-8-23/h3-6,9-11H,1-2,7-8,12H2,(H,22,24). The van der Waals surface area contributed by atoms with Crippen LogP contribution in [0.4, 0.5) is 5.69 Å². The number of benzene rings is 2. The van der Waals surface area contributed by atoms with Crippen LogP contribution in [0, 0.1) is 0 Å². The lowest BCUT2D eigenvalue weighted by atomic mass is 10.2. The molecular weight excluding hydrogens is 391 g/mol. The fraction of sp³-hybridized carbons (Fsp3) is 0.263. The van der Waals surface area contributed by atoms with E-state index in [2.05, 4.69) is 10.2 Å². The molecule has 1 aliphatic rings. The Morgan fingerprint density at radius 1 is 1.08 bits per heavy atom. The summed E-state index contributed by atoms with van der Waals surface area (Å²) in [7, 11) is 0. The van der Waals surface area contributed by atoms with Crippen molar-refractivity contribution in [2.45, 2.75) is 12.8 Å². The molecule has 1 amide bonds. The van der Waals surface area contributed by atoms with E-state index in [1.807, 2.05) is 24.3 Å². The largest absolute Gasteiger partial charge is 0.484 e. The van der Waals surface area contributed by atoms with Crippen molar-refractivity contribution >= 4 is 52.0 Å². The molecule has 1 N–H and O–H groups in total. The van der Waals surface area contributed by atoms with E-state index in [0.717, 1.165) is 23.6 Å². The summed E-state index contributed by atoms with van der Waals surface area (Å²) in [6.07, 6.45) is 2.38. The van der Waals surface area contributed by atoms with Gasteiger partial charge in [-0.15, -0.1) is 0 Å². The van der Waals surface area contributed by atoms with Gasteiger partial charge < -0.3 is 15.0 Å². The molecule has 2 aromatic rings. The third-order valence-electron chi connectivity index (χ3n) is 4.01. The SMILES string of the molecule is O=C(COc1ccc(C(=S)N2CCCC2)cc1)Nc1cc(Cl)cc(Cl)c1. The summed E-state index contributed by atoms with van der Waals surface area (Å²) in [5.41, 5.74) is 1.52. The minimum absolute atomic E-state index is 0.111. The van der Waals surface area contributed by atoms with Gasteiger partial charge in [-0.05, 0) is 55.3 Å². The van der Waals surface area contributed by atoms with Gasteiger partial charge in [-0.1, -0.05) is 35.4 Å². The molecule has 0 spiro atoms. The quantitative estimate of drug-likeness (QED) is 0.722. The van der Waals surface area contributed by atoms with Crippen LogP contribution in [0.5, 0.6) is 5.75 Å². The number of rotatable bonds is 5. The first kappa shape index (κ1) is 19.0. The molecule has 1 aliphatic heterocycles. The van der Waals surface area contributed by atoms with Crippen LogP contribution in [0.2, 0.25) is 10.0 Å². The molecule has 0 atom stereocenters. The Balaban J connectivity index is 1.52. The molecule has 1 saturated heterocycles. The molecule has 26 heavy (non-hydrogen) atoms. The molecule has 1 fully saturated rings. The molecule has 2 aromatic carbocycles. The second-order valence-corrected chi connectivity index (χ2v) is 7.28. The monoisotopic (exact) mass is 408 g/mol. The number of amides is 1. The Morgan fingerprint density at radius 3 is 2.31 bits per heavy atom. The van der Waals surface area contributed by atoms with Crippen LogP contribution < -0.4 is 10.1 Å². The Hall–Kier alpha value is -1.82. The van der Waals surface area contributed by atoms with Gasteiger partial charge >= 0.3 is 0 Å². The third kappa shape index (κ3) is 5.10. The Bertz CT molecular complexity index is 785. The summed E-state index contributed by atoms with van der Waals surface area (Å²) in [4.78, 5) is 15.1. The van der Waals surface area contributed by atoms with Crippen LogP contribution in [-0.2, 0) is 4.79 Å². The zero-order chi connectivity index (χ0) is 18.5. The van der Waals surface area contributed by atoms with E-state index >= 15 is 0 Å². The van der Waals surface area contributed by atoms with E-state index in [0.29, 0.717) is 21.5 Å². The van der Waals surface area contributed by atoms with Crippen molar-refractivity contribution < 1.29 is 9.53 Å².